The Hall–Kier alpha value is -0.220. The summed E-state index contributed by atoms with van der Waals surface area (Å²) in [6.07, 6.45) is 0. The Morgan fingerprint density at radius 1 is 1.64 bits per heavy atom. The molecule has 0 aromatic heterocycles. The van der Waals surface area contributed by atoms with E-state index >= 15 is 0 Å². The van der Waals surface area contributed by atoms with Crippen LogP contribution in [0.4, 0.5) is 0 Å². The third-order valence-electron chi connectivity index (χ3n) is 1.03. The maximum absolute atomic E-state index is 10.3. The lowest BCUT2D eigenvalue weighted by Crippen LogP contribution is -2.25. The summed E-state index contributed by atoms with van der Waals surface area (Å²) >= 11 is 1.24. The van der Waals surface area contributed by atoms with Gasteiger partial charge in [0.1, 0.15) is 0 Å². The van der Waals surface area contributed by atoms with Gasteiger partial charge in [0.05, 0.1) is 10.9 Å². The average molecular weight is 178 g/mol. The van der Waals surface area contributed by atoms with Crippen LogP contribution in [-0.2, 0) is 4.79 Å². The fourth-order valence-electron chi connectivity index (χ4n) is 0.400. The van der Waals surface area contributed by atoms with Crippen LogP contribution in [0.2, 0.25) is 0 Å². The molecule has 0 heterocycles. The van der Waals surface area contributed by atoms with Crippen LogP contribution in [0.5, 0.6) is 0 Å². The van der Waals surface area contributed by atoms with E-state index in [4.69, 9.17) is 5.11 Å². The molecule has 0 saturated carbocycles. The van der Waals surface area contributed by atoms with Crippen molar-refractivity contribution in [3.63, 3.8) is 0 Å². The van der Waals surface area contributed by atoms with Crippen LogP contribution in [0, 0.1) is 0 Å². The molecule has 0 bridgehead atoms. The summed E-state index contributed by atoms with van der Waals surface area (Å²) in [5.41, 5.74) is -0.783. The third-order valence-corrected chi connectivity index (χ3v) is 2.61. The Bertz CT molecular complexity index is 139. The summed E-state index contributed by atoms with van der Waals surface area (Å²) in [4.78, 5) is 10.3. The number of aliphatic carboxylic acids is 1. The summed E-state index contributed by atoms with van der Waals surface area (Å²) in [6.45, 7) is 4.93. The monoisotopic (exact) mass is 178 g/mol. The molecule has 0 aromatic carbocycles. The van der Waals surface area contributed by atoms with Crippen LogP contribution in [0.15, 0.2) is 0 Å². The molecule has 0 rings (SSSR count). The number of carboxylic acid groups (broad SMARTS) is 1. The zero-order chi connectivity index (χ0) is 9.07. The van der Waals surface area contributed by atoms with Crippen molar-refractivity contribution >= 4 is 17.7 Å². The van der Waals surface area contributed by atoms with Crippen LogP contribution >= 0.6 is 11.8 Å². The molecule has 1 unspecified atom stereocenters. The number of carbonyl (C=O) groups is 1. The first kappa shape index (κ1) is 10.8. The maximum atomic E-state index is 10.3. The van der Waals surface area contributed by atoms with Crippen LogP contribution < -0.4 is 0 Å². The fourth-order valence-corrected chi connectivity index (χ4v) is 1.20. The maximum Gasteiger partial charge on any atom is 0.316 e. The summed E-state index contributed by atoms with van der Waals surface area (Å²) < 4.78 is 0. The highest BCUT2D eigenvalue weighted by atomic mass is 32.2. The van der Waals surface area contributed by atoms with E-state index in [-0.39, 0.29) is 0 Å². The Morgan fingerprint density at radius 2 is 2.09 bits per heavy atom. The largest absolute Gasteiger partial charge is 0.480 e. The minimum absolute atomic E-state index is 0.443. The normalized spacial score (nSPS) is 14.5. The Labute approximate surface area is 70.8 Å². The van der Waals surface area contributed by atoms with Crippen LogP contribution in [-0.4, -0.2) is 32.8 Å². The summed E-state index contributed by atoms with van der Waals surface area (Å²) in [5, 5.41) is 17.3. The first-order valence-corrected chi connectivity index (χ1v) is 4.44. The van der Waals surface area contributed by atoms with Gasteiger partial charge in [-0.25, -0.2) is 0 Å². The van der Waals surface area contributed by atoms with E-state index in [1.54, 1.807) is 20.8 Å². The number of thioether (sulfide) groups is 1. The van der Waals surface area contributed by atoms with E-state index in [0.29, 0.717) is 5.75 Å². The molecule has 2 N–H and O–H groups in total. The summed E-state index contributed by atoms with van der Waals surface area (Å²) in [5.74, 6) is -0.389. The zero-order valence-corrected chi connectivity index (χ0v) is 7.81. The Morgan fingerprint density at radius 3 is 2.36 bits per heavy atom. The van der Waals surface area contributed by atoms with Gasteiger partial charge in [-0.15, -0.1) is 11.8 Å². The Balaban J connectivity index is 3.63. The SMILES string of the molecule is CC(SCC(C)(C)O)C(=O)O. The lowest BCUT2D eigenvalue weighted by Gasteiger charge is -2.17. The van der Waals surface area contributed by atoms with E-state index in [9.17, 15) is 9.90 Å². The van der Waals surface area contributed by atoms with Gasteiger partial charge in [0.15, 0.2) is 0 Å². The Kier molecular flexibility index (Phi) is 3.89. The molecule has 1 atom stereocenters. The molecule has 0 aromatic rings. The average Bonchev–Trinajstić information content (AvgIpc) is 1.80. The highest BCUT2D eigenvalue weighted by molar-refractivity contribution is 8.00. The smallest absolute Gasteiger partial charge is 0.316 e. The second kappa shape index (κ2) is 3.97. The van der Waals surface area contributed by atoms with Gasteiger partial charge in [0.2, 0.25) is 0 Å². The number of hydrogen-bond donors (Lipinski definition) is 2. The van der Waals surface area contributed by atoms with Gasteiger partial charge in [-0.1, -0.05) is 0 Å². The van der Waals surface area contributed by atoms with Crippen molar-refractivity contribution in [2.75, 3.05) is 5.75 Å². The predicted octanol–water partition coefficient (Wildman–Crippen LogP) is 0.964. The van der Waals surface area contributed by atoms with Crippen molar-refractivity contribution in [3.05, 3.63) is 0 Å². The molecule has 4 heteroatoms. The number of aliphatic hydroxyl groups is 1. The van der Waals surface area contributed by atoms with Gasteiger partial charge in [-0.2, -0.15) is 0 Å². The first-order chi connectivity index (χ1) is 4.83. The van der Waals surface area contributed by atoms with Crippen molar-refractivity contribution in [3.8, 4) is 0 Å². The molecule has 0 aliphatic rings. The topological polar surface area (TPSA) is 57.5 Å². The van der Waals surface area contributed by atoms with Gasteiger partial charge in [-0.3, -0.25) is 4.79 Å². The molecular formula is C7H14O3S. The van der Waals surface area contributed by atoms with Crippen molar-refractivity contribution in [2.45, 2.75) is 31.6 Å². The molecule has 3 nitrogen and oxygen atoms in total. The summed E-state index contributed by atoms with van der Waals surface area (Å²) in [7, 11) is 0. The van der Waals surface area contributed by atoms with Gasteiger partial charge in [0, 0.05) is 5.75 Å². The number of hydrogen-bond acceptors (Lipinski definition) is 3. The molecule has 0 fully saturated rings. The fraction of sp³-hybridized carbons (Fsp3) is 0.857. The van der Waals surface area contributed by atoms with E-state index in [0.717, 1.165) is 0 Å². The summed E-state index contributed by atoms with van der Waals surface area (Å²) in [6, 6.07) is 0. The van der Waals surface area contributed by atoms with E-state index in [1.807, 2.05) is 0 Å². The highest BCUT2D eigenvalue weighted by Crippen LogP contribution is 2.17. The molecule has 0 aliphatic heterocycles. The van der Waals surface area contributed by atoms with Crippen molar-refractivity contribution < 1.29 is 15.0 Å². The van der Waals surface area contributed by atoms with Gasteiger partial charge < -0.3 is 10.2 Å². The predicted molar refractivity (Wildman–Crippen MR) is 45.9 cm³/mol. The molecule has 0 saturated heterocycles. The first-order valence-electron chi connectivity index (χ1n) is 3.40. The molecule has 0 aliphatic carbocycles. The van der Waals surface area contributed by atoms with Crippen molar-refractivity contribution in [1.29, 1.82) is 0 Å². The minimum Gasteiger partial charge on any atom is -0.480 e. The quantitative estimate of drug-likeness (QED) is 0.673. The molecule has 0 spiro atoms. The minimum atomic E-state index is -0.834. The standard InChI is InChI=1S/C7H14O3S/c1-5(6(8)9)11-4-7(2,3)10/h5,10H,4H2,1-3H3,(H,8,9). The van der Waals surface area contributed by atoms with Crippen LogP contribution in [0.25, 0.3) is 0 Å². The van der Waals surface area contributed by atoms with Gasteiger partial charge >= 0.3 is 5.97 Å². The van der Waals surface area contributed by atoms with Gasteiger partial charge in [0.25, 0.3) is 0 Å². The lowest BCUT2D eigenvalue weighted by molar-refractivity contribution is -0.136. The molecular weight excluding hydrogens is 164 g/mol. The third kappa shape index (κ3) is 6.19. The van der Waals surface area contributed by atoms with E-state index < -0.39 is 16.8 Å². The van der Waals surface area contributed by atoms with E-state index in [2.05, 4.69) is 0 Å². The molecule has 11 heavy (non-hydrogen) atoms. The zero-order valence-electron chi connectivity index (χ0n) is 7.00. The van der Waals surface area contributed by atoms with Gasteiger partial charge in [-0.05, 0) is 20.8 Å². The number of carboxylic acids is 1. The highest BCUT2D eigenvalue weighted by Gasteiger charge is 2.18. The lowest BCUT2D eigenvalue weighted by atomic mass is 10.2. The van der Waals surface area contributed by atoms with Crippen LogP contribution in [0.3, 0.4) is 0 Å². The van der Waals surface area contributed by atoms with E-state index in [1.165, 1.54) is 11.8 Å². The molecule has 0 radical (unpaired) electrons. The molecule has 66 valence electrons. The second-order valence-corrected chi connectivity index (χ2v) is 4.43. The van der Waals surface area contributed by atoms with Crippen LogP contribution in [0.1, 0.15) is 20.8 Å². The molecule has 0 amide bonds. The second-order valence-electron chi connectivity index (χ2n) is 3.10. The number of rotatable bonds is 4. The van der Waals surface area contributed by atoms with Crippen molar-refractivity contribution in [1.82, 2.24) is 0 Å². The van der Waals surface area contributed by atoms with Crippen molar-refractivity contribution in [2.24, 2.45) is 0 Å².